The summed E-state index contributed by atoms with van der Waals surface area (Å²) in [7, 11) is -3.36. The van der Waals surface area contributed by atoms with Gasteiger partial charge in [-0.2, -0.15) is 0 Å². The molecule has 0 spiro atoms. The molecule has 0 saturated heterocycles. The lowest BCUT2D eigenvalue weighted by Gasteiger charge is -2.19. The summed E-state index contributed by atoms with van der Waals surface area (Å²) in [5.41, 5.74) is 1.16. The lowest BCUT2D eigenvalue weighted by Crippen LogP contribution is -2.16. The summed E-state index contributed by atoms with van der Waals surface area (Å²) in [5.74, 6) is 0. The topological polar surface area (TPSA) is 37.4 Å². The van der Waals surface area contributed by atoms with Gasteiger partial charge in [-0.25, -0.2) is 8.42 Å². The Morgan fingerprint density at radius 3 is 1.95 bits per heavy atom. The van der Waals surface area contributed by atoms with Crippen molar-refractivity contribution < 1.29 is 8.42 Å². The number of hydrogen-bond donors (Lipinski definition) is 0. The minimum atomic E-state index is -3.36. The summed E-state index contributed by atoms with van der Waals surface area (Å²) >= 11 is 0. The molecule has 0 aliphatic heterocycles. The zero-order valence-corrected chi connectivity index (χ0v) is 13.9. The fraction of sp³-hybridized carbons (Fsp3) is 0.500. The third-order valence-corrected chi connectivity index (χ3v) is 4.72. The van der Waals surface area contributed by atoms with Gasteiger partial charge in [0.1, 0.15) is 0 Å². The van der Waals surface area contributed by atoms with Gasteiger partial charge in [0, 0.05) is 19.3 Å². The van der Waals surface area contributed by atoms with Crippen molar-refractivity contribution in [2.45, 2.75) is 44.9 Å². The smallest absolute Gasteiger partial charge is 0.201 e. The van der Waals surface area contributed by atoms with E-state index >= 15 is 0 Å². The third-order valence-electron chi connectivity index (χ3n) is 3.31. The molecular weight excluding hydrogens is 270 g/mol. The van der Waals surface area contributed by atoms with Crippen LogP contribution in [0.3, 0.4) is 0 Å². The molecule has 0 aromatic heterocycles. The third kappa shape index (κ3) is 4.37. The monoisotopic (exact) mass is 295 g/mol. The van der Waals surface area contributed by atoms with Crippen LogP contribution in [0.15, 0.2) is 40.8 Å². The predicted octanol–water partition coefficient (Wildman–Crippen LogP) is 3.57. The molecule has 0 bridgehead atoms. The van der Waals surface area contributed by atoms with E-state index in [1.165, 1.54) is 5.41 Å². The van der Waals surface area contributed by atoms with Gasteiger partial charge in [0.15, 0.2) is 0 Å². The van der Waals surface area contributed by atoms with E-state index in [0.29, 0.717) is 4.90 Å². The lowest BCUT2D eigenvalue weighted by atomic mass is 9.87. The van der Waals surface area contributed by atoms with E-state index in [2.05, 4.69) is 20.8 Å². The molecule has 3 nitrogen and oxygen atoms in total. The Hall–Kier alpha value is -1.29. The molecule has 0 radical (unpaired) electrons. The van der Waals surface area contributed by atoms with Crippen molar-refractivity contribution in [3.05, 3.63) is 41.4 Å². The van der Waals surface area contributed by atoms with E-state index in [4.69, 9.17) is 0 Å². The first-order valence-electron chi connectivity index (χ1n) is 6.98. The van der Waals surface area contributed by atoms with E-state index in [-0.39, 0.29) is 5.41 Å². The van der Waals surface area contributed by atoms with Gasteiger partial charge in [-0.3, -0.25) is 0 Å². The number of hydrogen-bond acceptors (Lipinski definition) is 3. The standard InChI is InChI=1S/C16H25NO2S/c1-6-17(7-2)12-13-20(18,19)15-10-8-14(9-11-15)16(3,4)5/h8-13H,6-7H2,1-5H3/b13-12+. The second kappa shape index (κ2) is 6.44. The lowest BCUT2D eigenvalue weighted by molar-refractivity contribution is 0.419. The normalized spacial score (nSPS) is 12.8. The maximum Gasteiger partial charge on any atom is 0.201 e. The Morgan fingerprint density at radius 1 is 1.05 bits per heavy atom. The molecule has 4 heteroatoms. The van der Waals surface area contributed by atoms with Crippen LogP contribution in [0.4, 0.5) is 0 Å². The molecule has 0 aliphatic carbocycles. The maximum atomic E-state index is 12.2. The quantitative estimate of drug-likeness (QED) is 0.833. The highest BCUT2D eigenvalue weighted by molar-refractivity contribution is 7.94. The van der Waals surface area contributed by atoms with Crippen LogP contribution >= 0.6 is 0 Å². The molecule has 0 saturated carbocycles. The number of rotatable bonds is 5. The van der Waals surface area contributed by atoms with Crippen LogP contribution in [0.25, 0.3) is 0 Å². The van der Waals surface area contributed by atoms with Gasteiger partial charge in [0.05, 0.1) is 10.3 Å². The maximum absolute atomic E-state index is 12.2. The summed E-state index contributed by atoms with van der Waals surface area (Å²) in [6.45, 7) is 11.9. The van der Waals surface area contributed by atoms with Crippen LogP contribution in [0.5, 0.6) is 0 Å². The second-order valence-corrected chi connectivity index (χ2v) is 7.66. The Kier molecular flexibility index (Phi) is 5.40. The second-order valence-electron chi connectivity index (χ2n) is 5.83. The molecule has 0 unspecified atom stereocenters. The SMILES string of the molecule is CCN(/C=C/S(=O)(=O)c1ccc(C(C)(C)C)cc1)CC. The summed E-state index contributed by atoms with van der Waals surface area (Å²) in [5, 5.41) is 1.28. The fourth-order valence-corrected chi connectivity index (χ4v) is 2.83. The van der Waals surface area contributed by atoms with E-state index in [9.17, 15) is 8.42 Å². The van der Waals surface area contributed by atoms with Crippen LogP contribution in [0.2, 0.25) is 0 Å². The van der Waals surface area contributed by atoms with Crippen LogP contribution in [0, 0.1) is 0 Å². The molecule has 1 rings (SSSR count). The van der Waals surface area contributed by atoms with Gasteiger partial charge in [0.25, 0.3) is 0 Å². The first kappa shape index (κ1) is 16.8. The van der Waals surface area contributed by atoms with E-state index in [1.807, 2.05) is 30.9 Å². The molecule has 20 heavy (non-hydrogen) atoms. The fourth-order valence-electron chi connectivity index (χ4n) is 1.82. The number of sulfone groups is 1. The summed E-state index contributed by atoms with van der Waals surface area (Å²) in [6.07, 6.45) is 1.65. The Labute approximate surface area is 123 Å². The Bertz CT molecular complexity index is 547. The van der Waals surface area contributed by atoms with Gasteiger partial charge in [0.2, 0.25) is 9.84 Å². The highest BCUT2D eigenvalue weighted by Crippen LogP contribution is 2.24. The van der Waals surface area contributed by atoms with Crippen molar-refractivity contribution in [3.8, 4) is 0 Å². The zero-order chi connectivity index (χ0) is 15.4. The number of benzene rings is 1. The molecule has 112 valence electrons. The van der Waals surface area contributed by atoms with E-state index in [0.717, 1.165) is 18.7 Å². The molecule has 1 aromatic carbocycles. The van der Waals surface area contributed by atoms with Crippen molar-refractivity contribution in [1.29, 1.82) is 0 Å². The molecular formula is C16H25NO2S. The average Bonchev–Trinajstić information content (AvgIpc) is 2.39. The van der Waals surface area contributed by atoms with Crippen molar-refractivity contribution in [3.63, 3.8) is 0 Å². The minimum Gasteiger partial charge on any atom is -0.377 e. The van der Waals surface area contributed by atoms with Crippen molar-refractivity contribution in [2.24, 2.45) is 0 Å². The molecule has 0 N–H and O–H groups in total. The largest absolute Gasteiger partial charge is 0.377 e. The predicted molar refractivity (Wildman–Crippen MR) is 84.4 cm³/mol. The molecule has 0 aliphatic rings. The zero-order valence-electron chi connectivity index (χ0n) is 13.1. The van der Waals surface area contributed by atoms with Gasteiger partial charge < -0.3 is 4.90 Å². The molecule has 1 aromatic rings. The van der Waals surface area contributed by atoms with E-state index in [1.54, 1.807) is 18.3 Å². The van der Waals surface area contributed by atoms with Gasteiger partial charge >= 0.3 is 0 Å². The summed E-state index contributed by atoms with van der Waals surface area (Å²) < 4.78 is 24.4. The van der Waals surface area contributed by atoms with Gasteiger partial charge in [-0.1, -0.05) is 32.9 Å². The van der Waals surface area contributed by atoms with Gasteiger partial charge in [-0.15, -0.1) is 0 Å². The summed E-state index contributed by atoms with van der Waals surface area (Å²) in [4.78, 5) is 2.29. The molecule has 0 fully saturated rings. The van der Waals surface area contributed by atoms with Crippen LogP contribution < -0.4 is 0 Å². The molecule has 0 heterocycles. The first-order chi connectivity index (χ1) is 9.20. The van der Waals surface area contributed by atoms with Crippen molar-refractivity contribution in [2.75, 3.05) is 13.1 Å². The van der Waals surface area contributed by atoms with Crippen molar-refractivity contribution >= 4 is 9.84 Å². The minimum absolute atomic E-state index is 0.0271. The van der Waals surface area contributed by atoms with Crippen molar-refractivity contribution in [1.82, 2.24) is 4.90 Å². The molecule has 0 atom stereocenters. The first-order valence-corrected chi connectivity index (χ1v) is 8.53. The Morgan fingerprint density at radius 2 is 1.55 bits per heavy atom. The highest BCUT2D eigenvalue weighted by Gasteiger charge is 2.16. The number of nitrogens with zero attached hydrogens (tertiary/aromatic N) is 1. The highest BCUT2D eigenvalue weighted by atomic mass is 32.2. The van der Waals surface area contributed by atoms with Crippen LogP contribution in [-0.2, 0) is 15.3 Å². The molecule has 0 amide bonds. The van der Waals surface area contributed by atoms with Gasteiger partial charge in [-0.05, 0) is 37.0 Å². The van der Waals surface area contributed by atoms with Crippen LogP contribution in [0.1, 0.15) is 40.2 Å². The Balaban J connectivity index is 2.99. The van der Waals surface area contributed by atoms with E-state index < -0.39 is 9.84 Å². The summed E-state index contributed by atoms with van der Waals surface area (Å²) in [6, 6.07) is 7.14. The van der Waals surface area contributed by atoms with Crippen LogP contribution in [-0.4, -0.2) is 26.4 Å². The average molecular weight is 295 g/mol.